The van der Waals surface area contributed by atoms with Crippen LogP contribution >= 0.6 is 23.2 Å². The van der Waals surface area contributed by atoms with E-state index in [4.69, 9.17) is 23.2 Å². The van der Waals surface area contributed by atoms with Gasteiger partial charge in [0.05, 0.1) is 18.5 Å². The third kappa shape index (κ3) is 5.33. The summed E-state index contributed by atoms with van der Waals surface area (Å²) in [5.41, 5.74) is 3.05. The predicted molar refractivity (Wildman–Crippen MR) is 123 cm³/mol. The smallest absolute Gasteiger partial charge is 0.255 e. The minimum atomic E-state index is -3.53. The molecule has 0 heterocycles. The van der Waals surface area contributed by atoms with E-state index in [1.165, 1.54) is 4.31 Å². The van der Waals surface area contributed by atoms with Gasteiger partial charge in [0, 0.05) is 21.3 Å². The largest absolute Gasteiger partial charge is 0.322 e. The number of carbonyl (C=O) groups excluding carboxylic acids is 1. The first kappa shape index (κ1) is 22.2. The highest BCUT2D eigenvalue weighted by Gasteiger charge is 2.19. The van der Waals surface area contributed by atoms with Gasteiger partial charge in [0.25, 0.3) is 5.91 Å². The number of hydrogen-bond acceptors (Lipinski definition) is 3. The molecule has 0 aliphatic carbocycles. The number of amides is 1. The van der Waals surface area contributed by atoms with E-state index in [0.717, 1.165) is 17.4 Å². The van der Waals surface area contributed by atoms with Crippen LogP contribution in [0.25, 0.3) is 0 Å². The van der Waals surface area contributed by atoms with E-state index >= 15 is 0 Å². The lowest BCUT2D eigenvalue weighted by Crippen LogP contribution is -2.29. The van der Waals surface area contributed by atoms with Gasteiger partial charge in [-0.05, 0) is 66.6 Å². The highest BCUT2D eigenvalue weighted by molar-refractivity contribution is 7.92. The van der Waals surface area contributed by atoms with Crippen molar-refractivity contribution in [3.8, 4) is 0 Å². The van der Waals surface area contributed by atoms with Gasteiger partial charge >= 0.3 is 0 Å². The summed E-state index contributed by atoms with van der Waals surface area (Å²) >= 11 is 12.0. The Bertz CT molecular complexity index is 1160. The minimum Gasteiger partial charge on any atom is -0.322 e. The number of benzene rings is 3. The summed E-state index contributed by atoms with van der Waals surface area (Å²) in [5.74, 6) is -0.310. The average Bonchev–Trinajstić information content (AvgIpc) is 2.70. The summed E-state index contributed by atoms with van der Waals surface area (Å²) in [6.45, 7) is 1.98. The van der Waals surface area contributed by atoms with Gasteiger partial charge in [0.1, 0.15) is 0 Å². The number of hydrogen-bond donors (Lipinski definition) is 1. The molecular weight excluding hydrogens is 443 g/mol. The van der Waals surface area contributed by atoms with Crippen LogP contribution in [0.4, 0.5) is 11.4 Å². The molecule has 1 N–H and O–H groups in total. The summed E-state index contributed by atoms with van der Waals surface area (Å²) in [6.07, 6.45) is 1.14. The van der Waals surface area contributed by atoms with Gasteiger partial charge in [0.2, 0.25) is 10.0 Å². The molecule has 5 nitrogen and oxygen atoms in total. The van der Waals surface area contributed by atoms with Gasteiger partial charge in [-0.2, -0.15) is 0 Å². The number of anilines is 2. The number of carbonyl (C=O) groups is 1. The van der Waals surface area contributed by atoms with Gasteiger partial charge in [0.15, 0.2) is 0 Å². The fourth-order valence-corrected chi connectivity index (χ4v) is 4.06. The molecule has 0 aliphatic heterocycles. The lowest BCUT2D eigenvalue weighted by atomic mass is 10.1. The summed E-state index contributed by atoms with van der Waals surface area (Å²) < 4.78 is 26.0. The number of nitrogens with one attached hydrogen (secondary N) is 1. The van der Waals surface area contributed by atoms with Crippen molar-refractivity contribution in [2.24, 2.45) is 0 Å². The molecule has 0 saturated heterocycles. The van der Waals surface area contributed by atoms with Gasteiger partial charge in [-0.3, -0.25) is 9.10 Å². The topological polar surface area (TPSA) is 66.5 Å². The first-order valence-corrected chi connectivity index (χ1v) is 11.6. The molecule has 156 valence electrons. The fourth-order valence-electron chi connectivity index (χ4n) is 2.87. The van der Waals surface area contributed by atoms with Crippen LogP contribution in [-0.4, -0.2) is 20.6 Å². The summed E-state index contributed by atoms with van der Waals surface area (Å²) in [7, 11) is -3.53. The zero-order valence-electron chi connectivity index (χ0n) is 16.4. The standard InChI is InChI=1S/C22H20Cl2N2O3S/c1-15-20(24)4-3-5-21(15)25-22(27)17-8-12-19(13-9-17)26(30(2,28)29)14-16-6-10-18(23)11-7-16/h3-13H,14H2,1-2H3,(H,25,27). The quantitative estimate of drug-likeness (QED) is 0.524. The highest BCUT2D eigenvalue weighted by Crippen LogP contribution is 2.25. The molecule has 3 rings (SSSR count). The number of nitrogens with zero attached hydrogens (tertiary/aromatic N) is 1. The Kier molecular flexibility index (Phi) is 6.71. The molecule has 8 heteroatoms. The maximum absolute atomic E-state index is 12.6. The van der Waals surface area contributed by atoms with Crippen molar-refractivity contribution >= 4 is 50.5 Å². The normalized spacial score (nSPS) is 11.2. The van der Waals surface area contributed by atoms with Crippen LogP contribution in [-0.2, 0) is 16.6 Å². The van der Waals surface area contributed by atoms with Crippen molar-refractivity contribution in [2.45, 2.75) is 13.5 Å². The van der Waals surface area contributed by atoms with Crippen molar-refractivity contribution in [2.75, 3.05) is 15.9 Å². The van der Waals surface area contributed by atoms with Crippen molar-refractivity contribution in [1.82, 2.24) is 0 Å². The Morgan fingerprint density at radius 3 is 2.20 bits per heavy atom. The molecule has 0 atom stereocenters. The number of sulfonamides is 1. The van der Waals surface area contributed by atoms with Crippen molar-refractivity contribution < 1.29 is 13.2 Å². The van der Waals surface area contributed by atoms with E-state index in [1.54, 1.807) is 66.7 Å². The third-order valence-electron chi connectivity index (χ3n) is 4.57. The summed E-state index contributed by atoms with van der Waals surface area (Å²) in [6, 6.07) is 18.6. The van der Waals surface area contributed by atoms with Crippen LogP contribution in [0.3, 0.4) is 0 Å². The van der Waals surface area contributed by atoms with Crippen LogP contribution < -0.4 is 9.62 Å². The fraction of sp³-hybridized carbons (Fsp3) is 0.136. The van der Waals surface area contributed by atoms with Crippen LogP contribution in [0.15, 0.2) is 66.7 Å². The Hall–Kier alpha value is -2.54. The number of halogens is 2. The Labute approximate surface area is 186 Å². The number of rotatable bonds is 6. The molecule has 0 saturated carbocycles. The van der Waals surface area contributed by atoms with Gasteiger partial charge in [-0.25, -0.2) is 8.42 Å². The SMILES string of the molecule is Cc1c(Cl)cccc1NC(=O)c1ccc(N(Cc2ccc(Cl)cc2)S(C)(=O)=O)cc1. The van der Waals surface area contributed by atoms with Crippen molar-refractivity contribution in [3.63, 3.8) is 0 Å². The van der Waals surface area contributed by atoms with E-state index in [0.29, 0.717) is 27.0 Å². The van der Waals surface area contributed by atoms with E-state index in [2.05, 4.69) is 5.32 Å². The Morgan fingerprint density at radius 1 is 0.967 bits per heavy atom. The second kappa shape index (κ2) is 9.08. The molecule has 0 spiro atoms. The lowest BCUT2D eigenvalue weighted by Gasteiger charge is -2.23. The second-order valence-corrected chi connectivity index (χ2v) is 9.56. The zero-order valence-corrected chi connectivity index (χ0v) is 18.7. The van der Waals surface area contributed by atoms with Gasteiger partial charge in [-0.15, -0.1) is 0 Å². The molecule has 3 aromatic rings. The average molecular weight is 463 g/mol. The molecule has 0 radical (unpaired) electrons. The van der Waals surface area contributed by atoms with E-state index in [9.17, 15) is 13.2 Å². The highest BCUT2D eigenvalue weighted by atomic mass is 35.5. The first-order chi connectivity index (χ1) is 14.1. The van der Waals surface area contributed by atoms with Crippen molar-refractivity contribution in [3.05, 3.63) is 93.5 Å². The minimum absolute atomic E-state index is 0.156. The van der Waals surface area contributed by atoms with Gasteiger partial charge in [-0.1, -0.05) is 41.4 Å². The first-order valence-electron chi connectivity index (χ1n) is 9.04. The Balaban J connectivity index is 1.81. The van der Waals surface area contributed by atoms with Gasteiger partial charge < -0.3 is 5.32 Å². The molecule has 1 amide bonds. The molecule has 0 aliphatic rings. The monoisotopic (exact) mass is 462 g/mol. The molecular formula is C22H20Cl2N2O3S. The third-order valence-corrected chi connectivity index (χ3v) is 6.38. The summed E-state index contributed by atoms with van der Waals surface area (Å²) in [4.78, 5) is 12.6. The van der Waals surface area contributed by atoms with E-state index < -0.39 is 10.0 Å². The summed E-state index contributed by atoms with van der Waals surface area (Å²) in [5, 5.41) is 3.97. The molecule has 0 unspecified atom stereocenters. The van der Waals surface area contributed by atoms with E-state index in [1.807, 2.05) is 6.92 Å². The van der Waals surface area contributed by atoms with E-state index in [-0.39, 0.29) is 12.5 Å². The Morgan fingerprint density at radius 2 is 1.60 bits per heavy atom. The zero-order chi connectivity index (χ0) is 21.9. The maximum Gasteiger partial charge on any atom is 0.255 e. The molecule has 30 heavy (non-hydrogen) atoms. The molecule has 0 aromatic heterocycles. The maximum atomic E-state index is 12.6. The molecule has 3 aromatic carbocycles. The van der Waals surface area contributed by atoms with Crippen LogP contribution in [0.2, 0.25) is 10.0 Å². The molecule has 0 bridgehead atoms. The lowest BCUT2D eigenvalue weighted by molar-refractivity contribution is 0.102. The van der Waals surface area contributed by atoms with Crippen LogP contribution in [0.1, 0.15) is 21.5 Å². The predicted octanol–water partition coefficient (Wildman–Crippen LogP) is 5.52. The molecule has 0 fully saturated rings. The second-order valence-electron chi connectivity index (χ2n) is 6.81. The van der Waals surface area contributed by atoms with Crippen molar-refractivity contribution in [1.29, 1.82) is 0 Å². The van der Waals surface area contributed by atoms with Crippen LogP contribution in [0, 0.1) is 6.92 Å². The van der Waals surface area contributed by atoms with Crippen LogP contribution in [0.5, 0.6) is 0 Å².